The summed E-state index contributed by atoms with van der Waals surface area (Å²) >= 11 is 0. The van der Waals surface area contributed by atoms with Crippen molar-refractivity contribution in [2.45, 2.75) is 43.5 Å². The lowest BCUT2D eigenvalue weighted by molar-refractivity contribution is 0.500. The molecule has 20 heavy (non-hydrogen) atoms. The smallest absolute Gasteiger partial charge is 0.240 e. The van der Waals surface area contributed by atoms with Gasteiger partial charge in [0, 0.05) is 12.6 Å². The van der Waals surface area contributed by atoms with Crippen LogP contribution in [0, 0.1) is 5.92 Å². The first-order valence-electron chi connectivity index (χ1n) is 7.32. The molecule has 1 aliphatic carbocycles. The highest BCUT2D eigenvalue weighted by atomic mass is 32.2. The minimum atomic E-state index is -3.34. The average Bonchev–Trinajstić information content (AvgIpc) is 3.27. The zero-order valence-corrected chi connectivity index (χ0v) is 13.0. The SMILES string of the molecule is CCCNS(=O)(=O)c1ccc(CC(NC)C2CC2)cc1. The van der Waals surface area contributed by atoms with Crippen LogP contribution in [0.2, 0.25) is 0 Å². The van der Waals surface area contributed by atoms with Crippen LogP contribution in [0.5, 0.6) is 0 Å². The summed E-state index contributed by atoms with van der Waals surface area (Å²) in [6.45, 7) is 2.43. The Morgan fingerprint density at radius 1 is 1.25 bits per heavy atom. The fourth-order valence-corrected chi connectivity index (χ4v) is 3.52. The fourth-order valence-electron chi connectivity index (χ4n) is 2.38. The standard InChI is InChI=1S/C15H24N2O2S/c1-3-10-17-20(18,19)14-8-4-12(5-9-14)11-15(16-2)13-6-7-13/h4-5,8-9,13,15-17H,3,6-7,10-11H2,1-2H3. The molecular weight excluding hydrogens is 272 g/mol. The molecule has 5 heteroatoms. The first-order valence-corrected chi connectivity index (χ1v) is 8.81. The molecule has 0 aromatic heterocycles. The highest BCUT2D eigenvalue weighted by Crippen LogP contribution is 2.33. The highest BCUT2D eigenvalue weighted by molar-refractivity contribution is 7.89. The molecule has 1 saturated carbocycles. The largest absolute Gasteiger partial charge is 0.316 e. The van der Waals surface area contributed by atoms with Gasteiger partial charge in [-0.3, -0.25) is 0 Å². The van der Waals surface area contributed by atoms with Crippen molar-refractivity contribution in [2.75, 3.05) is 13.6 Å². The van der Waals surface area contributed by atoms with E-state index in [9.17, 15) is 8.42 Å². The predicted octanol–water partition coefficient (Wildman–Crippen LogP) is 1.92. The summed E-state index contributed by atoms with van der Waals surface area (Å²) in [4.78, 5) is 0.349. The Bertz CT molecular complexity index is 521. The van der Waals surface area contributed by atoms with Crippen LogP contribution in [0.25, 0.3) is 0 Å². The normalized spacial score (nSPS) is 17.1. The van der Waals surface area contributed by atoms with Gasteiger partial charge in [0.25, 0.3) is 0 Å². The van der Waals surface area contributed by atoms with Gasteiger partial charge in [-0.1, -0.05) is 19.1 Å². The Hall–Kier alpha value is -0.910. The fraction of sp³-hybridized carbons (Fsp3) is 0.600. The van der Waals surface area contributed by atoms with E-state index in [1.165, 1.54) is 18.4 Å². The molecule has 0 amide bonds. The maximum Gasteiger partial charge on any atom is 0.240 e. The van der Waals surface area contributed by atoms with Crippen LogP contribution in [0.1, 0.15) is 31.7 Å². The summed E-state index contributed by atoms with van der Waals surface area (Å²) in [6, 6.07) is 7.76. The van der Waals surface area contributed by atoms with Crippen LogP contribution in [-0.2, 0) is 16.4 Å². The van der Waals surface area contributed by atoms with E-state index in [4.69, 9.17) is 0 Å². The third-order valence-electron chi connectivity index (χ3n) is 3.79. The van der Waals surface area contributed by atoms with E-state index in [1.54, 1.807) is 12.1 Å². The highest BCUT2D eigenvalue weighted by Gasteiger charge is 2.29. The van der Waals surface area contributed by atoms with Crippen LogP contribution in [0.4, 0.5) is 0 Å². The van der Waals surface area contributed by atoms with Crippen molar-refractivity contribution in [3.63, 3.8) is 0 Å². The van der Waals surface area contributed by atoms with Crippen molar-refractivity contribution in [2.24, 2.45) is 5.92 Å². The molecule has 0 radical (unpaired) electrons. The quantitative estimate of drug-likeness (QED) is 0.770. The minimum absolute atomic E-state index is 0.349. The molecule has 0 spiro atoms. The van der Waals surface area contributed by atoms with Gasteiger partial charge in [-0.05, 0) is 56.3 Å². The molecule has 2 rings (SSSR count). The van der Waals surface area contributed by atoms with Gasteiger partial charge in [0.15, 0.2) is 0 Å². The third kappa shape index (κ3) is 4.04. The number of rotatable bonds is 8. The second-order valence-electron chi connectivity index (χ2n) is 5.48. The van der Waals surface area contributed by atoms with Crippen LogP contribution in [0.3, 0.4) is 0 Å². The van der Waals surface area contributed by atoms with Crippen molar-refractivity contribution >= 4 is 10.0 Å². The second kappa shape index (κ2) is 6.70. The molecule has 1 aromatic carbocycles. The summed E-state index contributed by atoms with van der Waals surface area (Å²) in [5.74, 6) is 0.787. The van der Waals surface area contributed by atoms with E-state index >= 15 is 0 Å². The van der Waals surface area contributed by atoms with Crippen molar-refractivity contribution in [3.05, 3.63) is 29.8 Å². The molecule has 2 N–H and O–H groups in total. The van der Waals surface area contributed by atoms with Crippen LogP contribution >= 0.6 is 0 Å². The topological polar surface area (TPSA) is 58.2 Å². The lowest BCUT2D eigenvalue weighted by Crippen LogP contribution is -2.29. The molecule has 0 aliphatic heterocycles. The van der Waals surface area contributed by atoms with Gasteiger partial charge in [0.2, 0.25) is 10.0 Å². The van der Waals surface area contributed by atoms with Crippen molar-refractivity contribution in [1.82, 2.24) is 10.0 Å². The summed E-state index contributed by atoms with van der Waals surface area (Å²) in [6.07, 6.45) is 4.37. The maximum absolute atomic E-state index is 12.0. The van der Waals surface area contributed by atoms with E-state index in [0.717, 1.165) is 18.8 Å². The zero-order chi connectivity index (χ0) is 14.6. The maximum atomic E-state index is 12.0. The molecule has 112 valence electrons. The lowest BCUT2D eigenvalue weighted by atomic mass is 10.0. The lowest BCUT2D eigenvalue weighted by Gasteiger charge is -2.15. The van der Waals surface area contributed by atoms with E-state index in [2.05, 4.69) is 10.0 Å². The van der Waals surface area contributed by atoms with E-state index in [-0.39, 0.29) is 0 Å². The molecule has 0 bridgehead atoms. The van der Waals surface area contributed by atoms with Gasteiger partial charge in [-0.15, -0.1) is 0 Å². The molecule has 1 unspecified atom stereocenters. The first kappa shape index (κ1) is 15.5. The molecule has 1 aliphatic rings. The Balaban J connectivity index is 2.02. The van der Waals surface area contributed by atoms with Crippen LogP contribution in [0.15, 0.2) is 29.2 Å². The average molecular weight is 296 g/mol. The first-order chi connectivity index (χ1) is 9.56. The van der Waals surface area contributed by atoms with Gasteiger partial charge in [-0.25, -0.2) is 13.1 Å². The van der Waals surface area contributed by atoms with Gasteiger partial charge >= 0.3 is 0 Å². The van der Waals surface area contributed by atoms with Crippen molar-refractivity contribution in [1.29, 1.82) is 0 Å². The summed E-state index contributed by atoms with van der Waals surface area (Å²) in [5.41, 5.74) is 1.19. The Morgan fingerprint density at radius 3 is 2.40 bits per heavy atom. The Kier molecular flexibility index (Phi) is 5.18. The van der Waals surface area contributed by atoms with E-state index in [0.29, 0.717) is 17.5 Å². The zero-order valence-electron chi connectivity index (χ0n) is 12.2. The summed E-state index contributed by atoms with van der Waals surface area (Å²) in [7, 11) is -1.35. The summed E-state index contributed by atoms with van der Waals surface area (Å²) in [5, 5.41) is 3.35. The summed E-state index contributed by atoms with van der Waals surface area (Å²) < 4.78 is 26.5. The van der Waals surface area contributed by atoms with E-state index < -0.39 is 10.0 Å². The van der Waals surface area contributed by atoms with E-state index in [1.807, 2.05) is 26.1 Å². The van der Waals surface area contributed by atoms with Crippen molar-refractivity contribution < 1.29 is 8.42 Å². The van der Waals surface area contributed by atoms with Crippen molar-refractivity contribution in [3.8, 4) is 0 Å². The van der Waals surface area contributed by atoms with Crippen LogP contribution in [-0.4, -0.2) is 28.1 Å². The molecule has 1 fully saturated rings. The number of likely N-dealkylation sites (N-methyl/N-ethyl adjacent to an activating group) is 1. The Morgan fingerprint density at radius 2 is 1.90 bits per heavy atom. The molecule has 0 heterocycles. The number of benzene rings is 1. The number of sulfonamides is 1. The van der Waals surface area contributed by atoms with Gasteiger partial charge in [0.1, 0.15) is 0 Å². The number of hydrogen-bond acceptors (Lipinski definition) is 3. The van der Waals surface area contributed by atoms with Crippen LogP contribution < -0.4 is 10.0 Å². The number of hydrogen-bond donors (Lipinski definition) is 2. The predicted molar refractivity (Wildman–Crippen MR) is 81.2 cm³/mol. The Labute approximate surface area is 122 Å². The molecule has 0 saturated heterocycles. The molecule has 1 atom stereocenters. The number of nitrogens with one attached hydrogen (secondary N) is 2. The van der Waals surface area contributed by atoms with Gasteiger partial charge in [-0.2, -0.15) is 0 Å². The third-order valence-corrected chi connectivity index (χ3v) is 5.27. The van der Waals surface area contributed by atoms with Gasteiger partial charge < -0.3 is 5.32 Å². The molecule has 1 aromatic rings. The second-order valence-corrected chi connectivity index (χ2v) is 7.25. The monoisotopic (exact) mass is 296 g/mol. The van der Waals surface area contributed by atoms with Gasteiger partial charge in [0.05, 0.1) is 4.90 Å². The minimum Gasteiger partial charge on any atom is -0.316 e. The molecular formula is C15H24N2O2S. The molecule has 4 nitrogen and oxygen atoms in total.